The van der Waals surface area contributed by atoms with E-state index in [0.717, 1.165) is 0 Å². The third-order valence-corrected chi connectivity index (χ3v) is 1.35. The van der Waals surface area contributed by atoms with E-state index in [9.17, 15) is 4.79 Å². The monoisotopic (exact) mass is 167 g/mol. The van der Waals surface area contributed by atoms with E-state index in [1.54, 1.807) is 12.1 Å². The number of carbonyl (C=O) groups is 1. The van der Waals surface area contributed by atoms with Crippen LogP contribution in [0.5, 0.6) is 0 Å². The summed E-state index contributed by atoms with van der Waals surface area (Å²) in [5.41, 5.74) is 2.62. The Morgan fingerprint density at radius 3 is 3.08 bits per heavy atom. The minimum Gasteiger partial charge on any atom is -0.465 e. The maximum absolute atomic E-state index is 11.0. The molecular formula is C7H9N3O2. The fourth-order valence-electron chi connectivity index (χ4n) is 0.795. The number of aromatic nitrogens is 1. The molecule has 0 radical (unpaired) electrons. The number of methoxy groups -OCH3 is 1. The van der Waals surface area contributed by atoms with Crippen LogP contribution in [0.1, 0.15) is 10.4 Å². The zero-order valence-electron chi connectivity index (χ0n) is 6.57. The Bertz CT molecular complexity index is 288. The Labute approximate surface area is 69.5 Å². The molecule has 3 N–H and O–H groups in total. The number of carbonyl (C=O) groups excluding carboxylic acids is 1. The average molecular weight is 167 g/mol. The second-order valence-electron chi connectivity index (χ2n) is 2.04. The topological polar surface area (TPSA) is 77.2 Å². The van der Waals surface area contributed by atoms with Crippen molar-refractivity contribution in [2.24, 2.45) is 5.84 Å². The van der Waals surface area contributed by atoms with Crippen LogP contribution in [0, 0.1) is 0 Å². The van der Waals surface area contributed by atoms with Gasteiger partial charge in [0, 0.05) is 6.20 Å². The summed E-state index contributed by atoms with van der Waals surface area (Å²) in [5.74, 6) is 4.97. The average Bonchev–Trinajstić information content (AvgIpc) is 2.16. The summed E-state index contributed by atoms with van der Waals surface area (Å²) >= 11 is 0. The molecule has 0 aliphatic carbocycles. The van der Waals surface area contributed by atoms with E-state index < -0.39 is 5.97 Å². The lowest BCUT2D eigenvalue weighted by molar-refractivity contribution is 0.0601. The predicted octanol–water partition coefficient (Wildman–Crippen LogP) is 0.154. The number of nitrogens with zero attached hydrogens (tertiary/aromatic N) is 1. The lowest BCUT2D eigenvalue weighted by Crippen LogP contribution is -2.14. The molecule has 0 aromatic carbocycles. The Balaban J connectivity index is 3.04. The Morgan fingerprint density at radius 1 is 1.75 bits per heavy atom. The van der Waals surface area contributed by atoms with Crippen molar-refractivity contribution in [1.29, 1.82) is 0 Å². The van der Waals surface area contributed by atoms with Crippen LogP contribution in [0.15, 0.2) is 18.3 Å². The van der Waals surface area contributed by atoms with Crippen LogP contribution in [-0.2, 0) is 4.74 Å². The minimum atomic E-state index is -0.462. The van der Waals surface area contributed by atoms with Crippen LogP contribution in [0.25, 0.3) is 0 Å². The van der Waals surface area contributed by atoms with E-state index >= 15 is 0 Å². The highest BCUT2D eigenvalue weighted by Crippen LogP contribution is 2.10. The number of nitrogen functional groups attached to an aromatic ring is 1. The third kappa shape index (κ3) is 1.51. The van der Waals surface area contributed by atoms with E-state index in [1.165, 1.54) is 13.3 Å². The molecular weight excluding hydrogens is 158 g/mol. The second kappa shape index (κ2) is 3.68. The standard InChI is InChI=1S/C7H9N3O2/c1-12-7(11)5-3-2-4-9-6(5)10-8/h2-4H,8H2,1H3,(H,9,10). The molecule has 0 amide bonds. The van der Waals surface area contributed by atoms with E-state index in [1.807, 2.05) is 0 Å². The van der Waals surface area contributed by atoms with Gasteiger partial charge < -0.3 is 10.2 Å². The van der Waals surface area contributed by atoms with Crippen molar-refractivity contribution in [2.75, 3.05) is 12.5 Å². The number of hydrogen-bond donors (Lipinski definition) is 2. The number of hydrazine groups is 1. The maximum atomic E-state index is 11.0. The molecule has 0 saturated carbocycles. The smallest absolute Gasteiger partial charge is 0.341 e. The van der Waals surface area contributed by atoms with Gasteiger partial charge in [-0.05, 0) is 12.1 Å². The molecule has 0 atom stereocenters. The quantitative estimate of drug-likeness (QED) is 0.372. The van der Waals surface area contributed by atoms with Crippen molar-refractivity contribution in [3.63, 3.8) is 0 Å². The zero-order valence-corrected chi connectivity index (χ0v) is 6.57. The van der Waals surface area contributed by atoms with Crippen molar-refractivity contribution < 1.29 is 9.53 Å². The molecule has 0 saturated heterocycles. The molecule has 1 aromatic heterocycles. The van der Waals surface area contributed by atoms with Gasteiger partial charge in [0.1, 0.15) is 5.56 Å². The van der Waals surface area contributed by atoms with Crippen LogP contribution in [-0.4, -0.2) is 18.1 Å². The molecule has 0 bridgehead atoms. The van der Waals surface area contributed by atoms with Crippen molar-refractivity contribution in [3.05, 3.63) is 23.9 Å². The number of hydrogen-bond acceptors (Lipinski definition) is 5. The van der Waals surface area contributed by atoms with E-state index in [0.29, 0.717) is 11.4 Å². The van der Waals surface area contributed by atoms with Crippen LogP contribution in [0.3, 0.4) is 0 Å². The molecule has 0 aliphatic rings. The SMILES string of the molecule is COC(=O)c1cccnc1NN. The molecule has 0 fully saturated rings. The summed E-state index contributed by atoms with van der Waals surface area (Å²) in [6.45, 7) is 0. The highest BCUT2D eigenvalue weighted by Gasteiger charge is 2.10. The van der Waals surface area contributed by atoms with Crippen molar-refractivity contribution in [3.8, 4) is 0 Å². The van der Waals surface area contributed by atoms with Crippen LogP contribution in [0.2, 0.25) is 0 Å². The summed E-state index contributed by atoms with van der Waals surface area (Å²) in [7, 11) is 1.30. The van der Waals surface area contributed by atoms with Gasteiger partial charge in [0.15, 0.2) is 5.82 Å². The largest absolute Gasteiger partial charge is 0.465 e. The first kappa shape index (κ1) is 8.48. The molecule has 1 aromatic rings. The van der Waals surface area contributed by atoms with Crippen LogP contribution >= 0.6 is 0 Å². The van der Waals surface area contributed by atoms with Crippen molar-refractivity contribution in [1.82, 2.24) is 4.98 Å². The number of esters is 1. The summed E-state index contributed by atoms with van der Waals surface area (Å²) in [6, 6.07) is 3.21. The third-order valence-electron chi connectivity index (χ3n) is 1.35. The summed E-state index contributed by atoms with van der Waals surface area (Å²) in [4.78, 5) is 14.9. The number of nitrogens with two attached hydrogens (primary N) is 1. The molecule has 12 heavy (non-hydrogen) atoms. The highest BCUT2D eigenvalue weighted by molar-refractivity contribution is 5.94. The Kier molecular flexibility index (Phi) is 2.60. The fraction of sp³-hybridized carbons (Fsp3) is 0.143. The first-order valence-electron chi connectivity index (χ1n) is 3.29. The van der Waals surface area contributed by atoms with Crippen molar-refractivity contribution >= 4 is 11.8 Å². The lowest BCUT2D eigenvalue weighted by Gasteiger charge is -2.03. The normalized spacial score (nSPS) is 9.17. The van der Waals surface area contributed by atoms with Gasteiger partial charge >= 0.3 is 5.97 Å². The van der Waals surface area contributed by atoms with Gasteiger partial charge in [-0.15, -0.1) is 0 Å². The van der Waals surface area contributed by atoms with Gasteiger partial charge in [0.2, 0.25) is 0 Å². The number of anilines is 1. The summed E-state index contributed by atoms with van der Waals surface area (Å²) < 4.78 is 4.50. The van der Waals surface area contributed by atoms with Gasteiger partial charge in [-0.2, -0.15) is 0 Å². The summed E-state index contributed by atoms with van der Waals surface area (Å²) in [6.07, 6.45) is 1.53. The summed E-state index contributed by atoms with van der Waals surface area (Å²) in [5, 5.41) is 0. The highest BCUT2D eigenvalue weighted by atomic mass is 16.5. The van der Waals surface area contributed by atoms with E-state index in [-0.39, 0.29) is 0 Å². The second-order valence-corrected chi connectivity index (χ2v) is 2.04. The van der Waals surface area contributed by atoms with Gasteiger partial charge in [-0.3, -0.25) is 0 Å². The fourth-order valence-corrected chi connectivity index (χ4v) is 0.795. The van der Waals surface area contributed by atoms with E-state index in [4.69, 9.17) is 5.84 Å². The maximum Gasteiger partial charge on any atom is 0.341 e. The molecule has 0 aliphatic heterocycles. The lowest BCUT2D eigenvalue weighted by atomic mass is 10.2. The predicted molar refractivity (Wildman–Crippen MR) is 43.4 cm³/mol. The van der Waals surface area contributed by atoms with Gasteiger partial charge in [0.05, 0.1) is 7.11 Å². The molecule has 64 valence electrons. The van der Waals surface area contributed by atoms with Crippen molar-refractivity contribution in [2.45, 2.75) is 0 Å². The molecule has 0 unspecified atom stereocenters. The Morgan fingerprint density at radius 2 is 2.50 bits per heavy atom. The van der Waals surface area contributed by atoms with Gasteiger partial charge in [-0.25, -0.2) is 15.6 Å². The number of rotatable bonds is 2. The molecule has 1 rings (SSSR count). The molecule has 5 heteroatoms. The number of pyridine rings is 1. The van der Waals surface area contributed by atoms with Crippen LogP contribution < -0.4 is 11.3 Å². The molecule has 5 nitrogen and oxygen atoms in total. The number of nitrogens with one attached hydrogen (secondary N) is 1. The molecule has 1 heterocycles. The first-order chi connectivity index (χ1) is 5.79. The van der Waals surface area contributed by atoms with E-state index in [2.05, 4.69) is 15.1 Å². The zero-order chi connectivity index (χ0) is 8.97. The Hall–Kier alpha value is -1.62. The van der Waals surface area contributed by atoms with Crippen LogP contribution in [0.4, 0.5) is 5.82 Å². The number of ether oxygens (including phenoxy) is 1. The van der Waals surface area contributed by atoms with Gasteiger partial charge in [-0.1, -0.05) is 0 Å². The van der Waals surface area contributed by atoms with Gasteiger partial charge in [0.25, 0.3) is 0 Å². The molecule has 0 spiro atoms. The minimum absolute atomic E-state index is 0.310. The first-order valence-corrected chi connectivity index (χ1v) is 3.29.